The Bertz CT molecular complexity index is 626. The lowest BCUT2D eigenvalue weighted by molar-refractivity contribution is -0.137. The quantitative estimate of drug-likeness (QED) is 0.565. The minimum atomic E-state index is -3.33. The zero-order valence-electron chi connectivity index (χ0n) is 13.0. The molecular formula is C15H22N2O5S. The fourth-order valence-electron chi connectivity index (χ4n) is 1.91. The molecule has 0 aliphatic rings. The Labute approximate surface area is 136 Å². The summed E-state index contributed by atoms with van der Waals surface area (Å²) in [6.45, 7) is 1.79. The molecule has 0 heterocycles. The maximum absolute atomic E-state index is 11.7. The predicted octanol–water partition coefficient (Wildman–Crippen LogP) is 2.42. The van der Waals surface area contributed by atoms with E-state index in [0.717, 1.165) is 0 Å². The number of aliphatic carboxylic acids is 1. The first-order chi connectivity index (χ1) is 10.8. The van der Waals surface area contributed by atoms with Crippen LogP contribution in [0.2, 0.25) is 0 Å². The highest BCUT2D eigenvalue weighted by Crippen LogP contribution is 2.15. The molecule has 1 amide bonds. The summed E-state index contributed by atoms with van der Waals surface area (Å²) in [6, 6.07) is 6.37. The molecule has 0 spiro atoms. The number of benzene rings is 1. The van der Waals surface area contributed by atoms with Gasteiger partial charge in [0.2, 0.25) is 15.9 Å². The second kappa shape index (κ2) is 9.14. The molecule has 128 valence electrons. The Kier molecular flexibility index (Phi) is 7.53. The van der Waals surface area contributed by atoms with Crippen molar-refractivity contribution >= 4 is 33.3 Å². The van der Waals surface area contributed by atoms with E-state index in [1.807, 2.05) is 0 Å². The lowest BCUT2D eigenvalue weighted by Gasteiger charge is -2.09. The van der Waals surface area contributed by atoms with Crippen LogP contribution in [0.15, 0.2) is 24.3 Å². The van der Waals surface area contributed by atoms with Crippen LogP contribution in [0.25, 0.3) is 0 Å². The maximum Gasteiger partial charge on any atom is 0.303 e. The molecule has 23 heavy (non-hydrogen) atoms. The van der Waals surface area contributed by atoms with Crippen LogP contribution in [0.5, 0.6) is 0 Å². The second-order valence-electron chi connectivity index (χ2n) is 5.15. The van der Waals surface area contributed by atoms with E-state index >= 15 is 0 Å². The number of hydrogen-bond acceptors (Lipinski definition) is 4. The van der Waals surface area contributed by atoms with Crippen LogP contribution in [0.4, 0.5) is 11.4 Å². The average molecular weight is 342 g/mol. The average Bonchev–Trinajstić information content (AvgIpc) is 2.45. The number of carboxylic acids is 1. The van der Waals surface area contributed by atoms with Gasteiger partial charge in [0, 0.05) is 24.2 Å². The molecule has 0 unspecified atom stereocenters. The molecule has 7 nitrogen and oxygen atoms in total. The summed E-state index contributed by atoms with van der Waals surface area (Å²) in [7, 11) is -3.33. The summed E-state index contributed by atoms with van der Waals surface area (Å²) in [4.78, 5) is 22.0. The first-order valence-corrected chi connectivity index (χ1v) is 9.10. The summed E-state index contributed by atoms with van der Waals surface area (Å²) >= 11 is 0. The Morgan fingerprint density at radius 3 is 2.17 bits per heavy atom. The molecule has 8 heteroatoms. The van der Waals surface area contributed by atoms with E-state index in [1.54, 1.807) is 31.2 Å². The fraction of sp³-hybridized carbons (Fsp3) is 0.467. The van der Waals surface area contributed by atoms with Gasteiger partial charge in [-0.3, -0.25) is 14.3 Å². The third-order valence-corrected chi connectivity index (χ3v) is 4.45. The Morgan fingerprint density at radius 1 is 1.04 bits per heavy atom. The summed E-state index contributed by atoms with van der Waals surface area (Å²) < 4.78 is 25.7. The highest BCUT2D eigenvalue weighted by atomic mass is 32.2. The molecule has 0 fully saturated rings. The minimum absolute atomic E-state index is 0.0554. The van der Waals surface area contributed by atoms with Crippen molar-refractivity contribution in [3.8, 4) is 0 Å². The molecule has 0 aromatic heterocycles. The third kappa shape index (κ3) is 8.20. The number of unbranched alkanes of at least 4 members (excludes halogenated alkanes) is 1. The second-order valence-corrected chi connectivity index (χ2v) is 6.99. The monoisotopic (exact) mass is 342 g/mol. The predicted molar refractivity (Wildman–Crippen MR) is 88.9 cm³/mol. The summed E-state index contributed by atoms with van der Waals surface area (Å²) in [5.41, 5.74) is 1.00. The van der Waals surface area contributed by atoms with Gasteiger partial charge in [0.15, 0.2) is 0 Å². The first-order valence-electron chi connectivity index (χ1n) is 7.44. The molecule has 0 saturated heterocycles. The zero-order chi connectivity index (χ0) is 17.3. The number of anilines is 2. The number of nitrogens with one attached hydrogen (secondary N) is 2. The molecule has 0 saturated carbocycles. The van der Waals surface area contributed by atoms with Crippen molar-refractivity contribution in [3.63, 3.8) is 0 Å². The molecule has 0 aliphatic carbocycles. The van der Waals surface area contributed by atoms with Crippen molar-refractivity contribution in [1.29, 1.82) is 0 Å². The van der Waals surface area contributed by atoms with Gasteiger partial charge in [0.1, 0.15) is 0 Å². The molecule has 1 aromatic carbocycles. The lowest BCUT2D eigenvalue weighted by atomic mass is 10.2. The maximum atomic E-state index is 11.7. The van der Waals surface area contributed by atoms with Gasteiger partial charge in [-0.25, -0.2) is 8.42 Å². The van der Waals surface area contributed by atoms with Crippen molar-refractivity contribution in [1.82, 2.24) is 0 Å². The highest BCUT2D eigenvalue weighted by Gasteiger charge is 2.09. The van der Waals surface area contributed by atoms with Crippen LogP contribution in [0, 0.1) is 0 Å². The summed E-state index contributed by atoms with van der Waals surface area (Å²) in [6.07, 6.45) is 1.80. The topological polar surface area (TPSA) is 113 Å². The van der Waals surface area contributed by atoms with Gasteiger partial charge in [-0.05, 0) is 43.5 Å². The molecule has 3 N–H and O–H groups in total. The number of carbonyl (C=O) groups excluding carboxylic acids is 1. The molecule has 0 radical (unpaired) electrons. The summed E-state index contributed by atoms with van der Waals surface area (Å²) in [5, 5.41) is 11.2. The van der Waals surface area contributed by atoms with E-state index in [-0.39, 0.29) is 24.5 Å². The van der Waals surface area contributed by atoms with E-state index in [0.29, 0.717) is 30.6 Å². The number of sulfonamides is 1. The molecule has 1 rings (SSSR count). The largest absolute Gasteiger partial charge is 0.481 e. The van der Waals surface area contributed by atoms with E-state index in [4.69, 9.17) is 5.11 Å². The van der Waals surface area contributed by atoms with Gasteiger partial charge in [-0.1, -0.05) is 6.92 Å². The number of rotatable bonds is 10. The van der Waals surface area contributed by atoms with E-state index in [9.17, 15) is 18.0 Å². The van der Waals surface area contributed by atoms with Crippen molar-refractivity contribution in [3.05, 3.63) is 24.3 Å². The Morgan fingerprint density at radius 2 is 1.61 bits per heavy atom. The third-order valence-electron chi connectivity index (χ3n) is 2.96. The lowest BCUT2D eigenvalue weighted by Crippen LogP contribution is -2.16. The Balaban J connectivity index is 2.44. The van der Waals surface area contributed by atoms with Crippen LogP contribution in [-0.4, -0.2) is 31.2 Å². The van der Waals surface area contributed by atoms with Gasteiger partial charge in [-0.2, -0.15) is 0 Å². The molecule has 0 aliphatic heterocycles. The highest BCUT2D eigenvalue weighted by molar-refractivity contribution is 7.92. The van der Waals surface area contributed by atoms with Crippen LogP contribution in [0.1, 0.15) is 39.0 Å². The van der Waals surface area contributed by atoms with Crippen LogP contribution >= 0.6 is 0 Å². The van der Waals surface area contributed by atoms with Gasteiger partial charge >= 0.3 is 5.97 Å². The van der Waals surface area contributed by atoms with Crippen molar-refractivity contribution in [2.24, 2.45) is 0 Å². The van der Waals surface area contributed by atoms with Gasteiger partial charge in [0.05, 0.1) is 5.75 Å². The van der Waals surface area contributed by atoms with Crippen molar-refractivity contribution in [2.75, 3.05) is 15.8 Å². The van der Waals surface area contributed by atoms with Gasteiger partial charge in [-0.15, -0.1) is 0 Å². The van der Waals surface area contributed by atoms with E-state index in [2.05, 4.69) is 10.0 Å². The summed E-state index contributed by atoms with van der Waals surface area (Å²) in [5.74, 6) is -1.01. The normalized spacial score (nSPS) is 11.0. The number of amides is 1. The van der Waals surface area contributed by atoms with Gasteiger partial charge in [0.25, 0.3) is 0 Å². The fourth-order valence-corrected chi connectivity index (χ4v) is 3.04. The van der Waals surface area contributed by atoms with Crippen molar-refractivity contribution < 1.29 is 23.1 Å². The zero-order valence-corrected chi connectivity index (χ0v) is 13.9. The SMILES string of the molecule is CCCS(=O)(=O)Nc1ccc(NC(=O)CCCCC(=O)O)cc1. The molecule has 0 atom stereocenters. The van der Waals surface area contributed by atoms with Crippen molar-refractivity contribution in [2.45, 2.75) is 39.0 Å². The number of carbonyl (C=O) groups is 2. The van der Waals surface area contributed by atoms with E-state index in [1.165, 1.54) is 0 Å². The standard InChI is InChI=1S/C15H22N2O5S/c1-2-11-23(21,22)17-13-9-7-12(8-10-13)16-14(18)5-3-4-6-15(19)20/h7-10,17H,2-6,11H2,1H3,(H,16,18)(H,19,20). The molecular weight excluding hydrogens is 320 g/mol. The van der Waals surface area contributed by atoms with Gasteiger partial charge < -0.3 is 10.4 Å². The van der Waals surface area contributed by atoms with Crippen LogP contribution in [0.3, 0.4) is 0 Å². The van der Waals surface area contributed by atoms with Crippen LogP contribution in [-0.2, 0) is 19.6 Å². The number of carboxylic acid groups (broad SMARTS) is 1. The first kappa shape index (κ1) is 19.0. The molecule has 0 bridgehead atoms. The molecule has 1 aromatic rings. The van der Waals surface area contributed by atoms with E-state index < -0.39 is 16.0 Å². The Hall–Kier alpha value is -2.09. The minimum Gasteiger partial charge on any atom is -0.481 e. The number of hydrogen-bond donors (Lipinski definition) is 3. The smallest absolute Gasteiger partial charge is 0.303 e. The van der Waals surface area contributed by atoms with Crippen LogP contribution < -0.4 is 10.0 Å².